The van der Waals surface area contributed by atoms with Crippen LogP contribution in [0.5, 0.6) is 0 Å². The fourth-order valence-corrected chi connectivity index (χ4v) is 0.808. The molecule has 60 valence electrons. The minimum Gasteiger partial charge on any atom is -0.329 e. The minimum absolute atomic E-state index is 0.722. The topological polar surface area (TPSA) is 38.0 Å². The van der Waals surface area contributed by atoms with Gasteiger partial charge in [0.2, 0.25) is 0 Å². The summed E-state index contributed by atoms with van der Waals surface area (Å²) in [4.78, 5) is 0. The Bertz CT molecular complexity index is 97.4. The Morgan fingerprint density at radius 1 is 1.60 bits per heavy atom. The molecule has 0 aliphatic carbocycles. The Balaban J connectivity index is 3.21. The van der Waals surface area contributed by atoms with Gasteiger partial charge < -0.3 is 11.1 Å². The van der Waals surface area contributed by atoms with Crippen LogP contribution in [0.15, 0.2) is 11.6 Å². The maximum atomic E-state index is 5.31. The third-order valence-electron chi connectivity index (χ3n) is 1.28. The van der Waals surface area contributed by atoms with Crippen LogP contribution in [0.1, 0.15) is 20.3 Å². The Labute approximate surface area is 63.5 Å². The van der Waals surface area contributed by atoms with Crippen molar-refractivity contribution in [3.05, 3.63) is 11.6 Å². The standard InChI is InChI=1S/C8H18N2/c1-3-4-8(2)7-10-6-5-9/h4,10H,3,5-7,9H2,1-2H3/b8-4+. The van der Waals surface area contributed by atoms with E-state index in [1.165, 1.54) is 5.57 Å². The highest BCUT2D eigenvalue weighted by molar-refractivity contribution is 4.99. The zero-order chi connectivity index (χ0) is 7.82. The molecule has 0 aromatic carbocycles. The van der Waals surface area contributed by atoms with Gasteiger partial charge in [0.05, 0.1) is 0 Å². The van der Waals surface area contributed by atoms with Crippen LogP contribution >= 0.6 is 0 Å². The van der Waals surface area contributed by atoms with E-state index in [2.05, 4.69) is 25.2 Å². The van der Waals surface area contributed by atoms with E-state index in [4.69, 9.17) is 5.73 Å². The fraction of sp³-hybridized carbons (Fsp3) is 0.750. The molecule has 0 saturated heterocycles. The lowest BCUT2D eigenvalue weighted by atomic mass is 10.2. The zero-order valence-electron chi connectivity index (χ0n) is 6.98. The molecule has 0 aliphatic rings. The Morgan fingerprint density at radius 3 is 2.80 bits per heavy atom. The van der Waals surface area contributed by atoms with Crippen LogP contribution in [0, 0.1) is 0 Å². The molecule has 0 heterocycles. The summed E-state index contributed by atoms with van der Waals surface area (Å²) in [6.07, 6.45) is 3.35. The molecule has 0 aromatic heterocycles. The average Bonchev–Trinajstić information content (AvgIpc) is 1.89. The summed E-state index contributed by atoms with van der Waals surface area (Å²) in [5.41, 5.74) is 6.71. The molecular formula is C8H18N2. The molecule has 10 heavy (non-hydrogen) atoms. The first-order valence-electron chi connectivity index (χ1n) is 3.87. The lowest BCUT2D eigenvalue weighted by molar-refractivity contribution is 0.734. The number of rotatable bonds is 5. The SMILES string of the molecule is CC/C=C(\C)CNCCN. The van der Waals surface area contributed by atoms with Crippen molar-refractivity contribution < 1.29 is 0 Å². The summed E-state index contributed by atoms with van der Waals surface area (Å²) in [7, 11) is 0. The van der Waals surface area contributed by atoms with Crippen LogP contribution in [-0.4, -0.2) is 19.6 Å². The Hall–Kier alpha value is -0.340. The van der Waals surface area contributed by atoms with E-state index in [0.29, 0.717) is 0 Å². The first-order valence-corrected chi connectivity index (χ1v) is 3.87. The quantitative estimate of drug-likeness (QED) is 0.442. The third kappa shape index (κ3) is 5.79. The smallest absolute Gasteiger partial charge is 0.0162 e. The first-order chi connectivity index (χ1) is 4.81. The molecule has 2 nitrogen and oxygen atoms in total. The number of hydrogen-bond donors (Lipinski definition) is 2. The summed E-state index contributed by atoms with van der Waals surface area (Å²) < 4.78 is 0. The predicted molar refractivity (Wildman–Crippen MR) is 46.0 cm³/mol. The van der Waals surface area contributed by atoms with Crippen LogP contribution < -0.4 is 11.1 Å². The maximum absolute atomic E-state index is 5.31. The van der Waals surface area contributed by atoms with Crippen LogP contribution in [0.25, 0.3) is 0 Å². The zero-order valence-corrected chi connectivity index (χ0v) is 6.98. The minimum atomic E-state index is 0.722. The fourth-order valence-electron chi connectivity index (χ4n) is 0.808. The largest absolute Gasteiger partial charge is 0.329 e. The van der Waals surface area contributed by atoms with Crippen molar-refractivity contribution in [2.45, 2.75) is 20.3 Å². The van der Waals surface area contributed by atoms with Gasteiger partial charge in [-0.3, -0.25) is 0 Å². The van der Waals surface area contributed by atoms with Crippen molar-refractivity contribution in [1.29, 1.82) is 0 Å². The van der Waals surface area contributed by atoms with E-state index in [1.807, 2.05) is 0 Å². The van der Waals surface area contributed by atoms with E-state index in [0.717, 1.165) is 26.1 Å². The molecule has 0 amide bonds. The monoisotopic (exact) mass is 142 g/mol. The maximum Gasteiger partial charge on any atom is 0.0162 e. The molecule has 0 fully saturated rings. The number of allylic oxidation sites excluding steroid dienone is 1. The van der Waals surface area contributed by atoms with Gasteiger partial charge in [-0.2, -0.15) is 0 Å². The van der Waals surface area contributed by atoms with Gasteiger partial charge in [0, 0.05) is 19.6 Å². The Morgan fingerprint density at radius 2 is 2.30 bits per heavy atom. The van der Waals surface area contributed by atoms with Crippen molar-refractivity contribution in [3.63, 3.8) is 0 Å². The highest BCUT2D eigenvalue weighted by atomic mass is 14.9. The molecule has 0 rings (SSSR count). The Kier molecular flexibility index (Phi) is 6.55. The van der Waals surface area contributed by atoms with Gasteiger partial charge in [-0.1, -0.05) is 18.6 Å². The summed E-state index contributed by atoms with van der Waals surface area (Å²) >= 11 is 0. The predicted octanol–water partition coefficient (Wildman–Crippen LogP) is 0.891. The summed E-state index contributed by atoms with van der Waals surface area (Å²) in [5.74, 6) is 0. The first kappa shape index (κ1) is 9.66. The molecule has 0 bridgehead atoms. The molecule has 0 unspecified atom stereocenters. The molecule has 0 aromatic rings. The molecule has 3 N–H and O–H groups in total. The van der Waals surface area contributed by atoms with E-state index in [9.17, 15) is 0 Å². The van der Waals surface area contributed by atoms with Crippen molar-refractivity contribution in [2.75, 3.05) is 19.6 Å². The van der Waals surface area contributed by atoms with Crippen molar-refractivity contribution in [3.8, 4) is 0 Å². The van der Waals surface area contributed by atoms with Crippen molar-refractivity contribution >= 4 is 0 Å². The van der Waals surface area contributed by atoms with Gasteiger partial charge in [-0.25, -0.2) is 0 Å². The molecule has 0 atom stereocenters. The van der Waals surface area contributed by atoms with Crippen LogP contribution in [-0.2, 0) is 0 Å². The van der Waals surface area contributed by atoms with Gasteiger partial charge in [-0.05, 0) is 13.3 Å². The number of nitrogens with two attached hydrogens (primary N) is 1. The average molecular weight is 142 g/mol. The van der Waals surface area contributed by atoms with Crippen LogP contribution in [0.3, 0.4) is 0 Å². The lowest BCUT2D eigenvalue weighted by Gasteiger charge is -2.01. The second-order valence-electron chi connectivity index (χ2n) is 2.42. The highest BCUT2D eigenvalue weighted by Gasteiger charge is 1.85. The van der Waals surface area contributed by atoms with Crippen molar-refractivity contribution in [2.24, 2.45) is 5.73 Å². The van der Waals surface area contributed by atoms with E-state index in [1.54, 1.807) is 0 Å². The van der Waals surface area contributed by atoms with E-state index in [-0.39, 0.29) is 0 Å². The van der Waals surface area contributed by atoms with E-state index >= 15 is 0 Å². The summed E-state index contributed by atoms with van der Waals surface area (Å²) in [6, 6.07) is 0. The van der Waals surface area contributed by atoms with Crippen LogP contribution in [0.2, 0.25) is 0 Å². The molecule has 2 heteroatoms. The van der Waals surface area contributed by atoms with Crippen LogP contribution in [0.4, 0.5) is 0 Å². The molecular weight excluding hydrogens is 124 g/mol. The van der Waals surface area contributed by atoms with Gasteiger partial charge in [0.1, 0.15) is 0 Å². The molecule has 0 aliphatic heterocycles. The van der Waals surface area contributed by atoms with Gasteiger partial charge in [0.15, 0.2) is 0 Å². The summed E-state index contributed by atoms with van der Waals surface area (Å²) in [5, 5.41) is 3.23. The van der Waals surface area contributed by atoms with Gasteiger partial charge >= 0.3 is 0 Å². The van der Waals surface area contributed by atoms with Gasteiger partial charge in [0.25, 0.3) is 0 Å². The normalized spacial score (nSPS) is 12.1. The molecule has 0 saturated carbocycles. The second-order valence-corrected chi connectivity index (χ2v) is 2.42. The lowest BCUT2D eigenvalue weighted by Crippen LogP contribution is -2.23. The molecule has 0 spiro atoms. The number of hydrogen-bond acceptors (Lipinski definition) is 2. The second kappa shape index (κ2) is 6.78. The number of nitrogens with one attached hydrogen (secondary N) is 1. The summed E-state index contributed by atoms with van der Waals surface area (Å²) in [6.45, 7) is 6.89. The van der Waals surface area contributed by atoms with Crippen molar-refractivity contribution in [1.82, 2.24) is 5.32 Å². The van der Waals surface area contributed by atoms with Gasteiger partial charge in [-0.15, -0.1) is 0 Å². The van der Waals surface area contributed by atoms with E-state index < -0.39 is 0 Å². The highest BCUT2D eigenvalue weighted by Crippen LogP contribution is 1.91. The third-order valence-corrected chi connectivity index (χ3v) is 1.28. The molecule has 0 radical (unpaired) electrons.